The van der Waals surface area contributed by atoms with Crippen LogP contribution in [0.3, 0.4) is 0 Å². The van der Waals surface area contributed by atoms with Gasteiger partial charge in [-0.1, -0.05) is 30.3 Å². The SMILES string of the molecule is CC(C)(C)OC(=O)CC[C@H](C(N)=O)n1c(=O)[nH]c2cc(C(=O)OCc3ccccc3)ccc21. The number of primary amides is 1. The van der Waals surface area contributed by atoms with Crippen molar-refractivity contribution in [3.8, 4) is 0 Å². The third kappa shape index (κ3) is 6.09. The van der Waals surface area contributed by atoms with Crippen LogP contribution in [0.15, 0.2) is 53.3 Å². The number of aromatic nitrogens is 2. The maximum atomic E-state index is 12.6. The van der Waals surface area contributed by atoms with Gasteiger partial charge in [0.15, 0.2) is 0 Å². The molecular weight excluding hydrogens is 426 g/mol. The van der Waals surface area contributed by atoms with Crippen molar-refractivity contribution in [3.63, 3.8) is 0 Å². The van der Waals surface area contributed by atoms with Crippen LogP contribution in [0.1, 0.15) is 55.6 Å². The van der Waals surface area contributed by atoms with Crippen LogP contribution in [0.5, 0.6) is 0 Å². The molecule has 0 unspecified atom stereocenters. The van der Waals surface area contributed by atoms with Crippen molar-refractivity contribution in [2.75, 3.05) is 0 Å². The minimum atomic E-state index is -1.06. The van der Waals surface area contributed by atoms with E-state index in [2.05, 4.69) is 4.98 Å². The number of carbonyl (C=O) groups is 3. The average Bonchev–Trinajstić information content (AvgIpc) is 3.06. The van der Waals surface area contributed by atoms with E-state index in [1.54, 1.807) is 20.8 Å². The highest BCUT2D eigenvalue weighted by Gasteiger charge is 2.25. The number of rotatable bonds is 8. The number of benzene rings is 2. The summed E-state index contributed by atoms with van der Waals surface area (Å²) in [6.07, 6.45) is -0.0914. The molecule has 0 aliphatic rings. The summed E-state index contributed by atoms with van der Waals surface area (Å²) in [5.41, 5.74) is 6.12. The Hall–Kier alpha value is -3.88. The van der Waals surface area contributed by atoms with Crippen LogP contribution < -0.4 is 11.4 Å². The summed E-state index contributed by atoms with van der Waals surface area (Å²) in [5.74, 6) is -1.80. The van der Waals surface area contributed by atoms with E-state index in [0.29, 0.717) is 11.0 Å². The fourth-order valence-electron chi connectivity index (χ4n) is 3.42. The summed E-state index contributed by atoms with van der Waals surface area (Å²) in [5, 5.41) is 0. The molecule has 0 aliphatic heterocycles. The van der Waals surface area contributed by atoms with E-state index in [4.69, 9.17) is 15.2 Å². The lowest BCUT2D eigenvalue weighted by atomic mass is 10.1. The van der Waals surface area contributed by atoms with Gasteiger partial charge in [-0.25, -0.2) is 9.59 Å². The lowest BCUT2D eigenvalue weighted by Crippen LogP contribution is -2.33. The Labute approximate surface area is 190 Å². The van der Waals surface area contributed by atoms with Crippen molar-refractivity contribution < 1.29 is 23.9 Å². The first-order chi connectivity index (χ1) is 15.5. The van der Waals surface area contributed by atoms with E-state index < -0.39 is 35.2 Å². The summed E-state index contributed by atoms with van der Waals surface area (Å²) >= 11 is 0. The number of hydrogen-bond donors (Lipinski definition) is 2. The molecule has 3 aromatic rings. The van der Waals surface area contributed by atoms with Gasteiger partial charge >= 0.3 is 17.6 Å². The highest BCUT2D eigenvalue weighted by Crippen LogP contribution is 2.21. The second-order valence-corrected chi connectivity index (χ2v) is 8.64. The van der Waals surface area contributed by atoms with Crippen molar-refractivity contribution in [3.05, 3.63) is 70.1 Å². The second-order valence-electron chi connectivity index (χ2n) is 8.64. The van der Waals surface area contributed by atoms with Gasteiger partial charge in [0.05, 0.1) is 16.6 Å². The number of hydrogen-bond acceptors (Lipinski definition) is 6. The molecule has 1 aromatic heterocycles. The summed E-state index contributed by atoms with van der Waals surface area (Å²) in [6, 6.07) is 12.7. The van der Waals surface area contributed by atoms with Crippen LogP contribution in [0.25, 0.3) is 11.0 Å². The lowest BCUT2D eigenvalue weighted by Gasteiger charge is -2.20. The molecular formula is C24H27N3O6. The number of esters is 2. The van der Waals surface area contributed by atoms with Gasteiger partial charge in [-0.2, -0.15) is 0 Å². The molecule has 33 heavy (non-hydrogen) atoms. The largest absolute Gasteiger partial charge is 0.460 e. The number of H-pyrrole nitrogens is 1. The number of carbonyl (C=O) groups excluding carboxylic acids is 3. The van der Waals surface area contributed by atoms with Gasteiger partial charge in [0, 0.05) is 6.42 Å². The first-order valence-corrected chi connectivity index (χ1v) is 10.5. The van der Waals surface area contributed by atoms with Crippen LogP contribution in [-0.4, -0.2) is 33.0 Å². The summed E-state index contributed by atoms with van der Waals surface area (Å²) in [6.45, 7) is 5.33. The van der Waals surface area contributed by atoms with E-state index in [1.807, 2.05) is 30.3 Å². The zero-order valence-electron chi connectivity index (χ0n) is 18.8. The molecule has 0 saturated heterocycles. The topological polar surface area (TPSA) is 133 Å². The molecule has 0 bridgehead atoms. The number of fused-ring (bicyclic) bond motifs is 1. The highest BCUT2D eigenvalue weighted by atomic mass is 16.6. The smallest absolute Gasteiger partial charge is 0.338 e. The molecule has 9 nitrogen and oxygen atoms in total. The summed E-state index contributed by atoms with van der Waals surface area (Å²) in [4.78, 5) is 51.9. The van der Waals surface area contributed by atoms with Gasteiger partial charge in [0.2, 0.25) is 5.91 Å². The highest BCUT2D eigenvalue weighted by molar-refractivity contribution is 5.94. The number of nitrogens with one attached hydrogen (secondary N) is 1. The van der Waals surface area contributed by atoms with Crippen molar-refractivity contribution in [1.82, 2.24) is 9.55 Å². The van der Waals surface area contributed by atoms with Gasteiger partial charge in [-0.05, 0) is 51.0 Å². The number of nitrogens with zero attached hydrogens (tertiary/aromatic N) is 1. The number of ether oxygens (including phenoxy) is 2. The van der Waals surface area contributed by atoms with Crippen molar-refractivity contribution in [1.29, 1.82) is 0 Å². The summed E-state index contributed by atoms with van der Waals surface area (Å²) in [7, 11) is 0. The van der Waals surface area contributed by atoms with Crippen LogP contribution in [-0.2, 0) is 25.7 Å². The van der Waals surface area contributed by atoms with E-state index in [9.17, 15) is 19.2 Å². The lowest BCUT2D eigenvalue weighted by molar-refractivity contribution is -0.155. The quantitative estimate of drug-likeness (QED) is 0.504. The van der Waals surface area contributed by atoms with Crippen LogP contribution in [0, 0.1) is 0 Å². The molecule has 2 aromatic carbocycles. The number of nitrogens with two attached hydrogens (primary N) is 1. The Kier molecular flexibility index (Phi) is 7.01. The minimum absolute atomic E-state index is 0.00201. The molecule has 0 fully saturated rings. The molecule has 3 rings (SSSR count). The zero-order valence-corrected chi connectivity index (χ0v) is 18.8. The van der Waals surface area contributed by atoms with Gasteiger partial charge in [0.25, 0.3) is 0 Å². The molecule has 0 radical (unpaired) electrons. The molecule has 0 aliphatic carbocycles. The molecule has 1 heterocycles. The van der Waals surface area contributed by atoms with Gasteiger partial charge in [-0.15, -0.1) is 0 Å². The van der Waals surface area contributed by atoms with E-state index in [1.165, 1.54) is 22.8 Å². The Morgan fingerprint density at radius 3 is 2.42 bits per heavy atom. The monoisotopic (exact) mass is 453 g/mol. The third-order valence-electron chi connectivity index (χ3n) is 4.85. The predicted octanol–water partition coefficient (Wildman–Crippen LogP) is 2.83. The number of amides is 1. The van der Waals surface area contributed by atoms with Gasteiger partial charge in [0.1, 0.15) is 18.2 Å². The maximum Gasteiger partial charge on any atom is 0.338 e. The van der Waals surface area contributed by atoms with Crippen LogP contribution >= 0.6 is 0 Å². The molecule has 3 N–H and O–H groups in total. The van der Waals surface area contributed by atoms with Crippen molar-refractivity contribution >= 4 is 28.9 Å². The minimum Gasteiger partial charge on any atom is -0.460 e. The van der Waals surface area contributed by atoms with E-state index >= 15 is 0 Å². The number of imidazole rings is 1. The predicted molar refractivity (Wildman–Crippen MR) is 121 cm³/mol. The normalized spacial score (nSPS) is 12.3. The van der Waals surface area contributed by atoms with E-state index in [-0.39, 0.29) is 25.0 Å². The second kappa shape index (κ2) is 9.72. The molecule has 174 valence electrons. The average molecular weight is 453 g/mol. The Morgan fingerprint density at radius 2 is 1.79 bits per heavy atom. The zero-order chi connectivity index (χ0) is 24.2. The first kappa shape index (κ1) is 23.8. The van der Waals surface area contributed by atoms with Crippen molar-refractivity contribution in [2.45, 2.75) is 51.9 Å². The fraction of sp³-hybridized carbons (Fsp3) is 0.333. The standard InChI is InChI=1S/C24H27N3O6/c1-24(2,3)33-20(28)12-11-19(21(25)29)27-18-10-9-16(13-17(18)26-23(27)31)22(30)32-14-15-7-5-4-6-8-15/h4-10,13,19H,11-12,14H2,1-3H3,(H2,25,29)(H,26,31)/t19-/m1/s1. The summed E-state index contributed by atoms with van der Waals surface area (Å²) < 4.78 is 11.8. The van der Waals surface area contributed by atoms with E-state index in [0.717, 1.165) is 5.56 Å². The first-order valence-electron chi connectivity index (χ1n) is 10.5. The third-order valence-corrected chi connectivity index (χ3v) is 4.85. The Morgan fingerprint density at radius 1 is 1.09 bits per heavy atom. The maximum absolute atomic E-state index is 12.6. The Bertz CT molecular complexity index is 1220. The Balaban J connectivity index is 1.79. The fourth-order valence-corrected chi connectivity index (χ4v) is 3.42. The van der Waals surface area contributed by atoms with Crippen LogP contribution in [0.4, 0.5) is 0 Å². The van der Waals surface area contributed by atoms with Gasteiger partial charge < -0.3 is 20.2 Å². The molecule has 1 atom stereocenters. The molecule has 9 heteroatoms. The van der Waals surface area contributed by atoms with Gasteiger partial charge in [-0.3, -0.25) is 14.2 Å². The van der Waals surface area contributed by atoms with Crippen molar-refractivity contribution in [2.24, 2.45) is 5.73 Å². The van der Waals surface area contributed by atoms with Crippen LogP contribution in [0.2, 0.25) is 0 Å². The molecule has 0 saturated carbocycles. The molecule has 0 spiro atoms. The molecule has 1 amide bonds. The number of aromatic amines is 1.